The number of rotatable bonds is 7. The van der Waals surface area contributed by atoms with Crippen molar-refractivity contribution in [3.05, 3.63) is 24.0 Å². The molecule has 1 aliphatic carbocycles. The molecule has 0 bridgehead atoms. The largest absolute Gasteiger partial charge is 0.385 e. The number of pyridine rings is 1. The number of carbonyl (C=O) groups is 1. The summed E-state index contributed by atoms with van der Waals surface area (Å²) in [7, 11) is 0. The first kappa shape index (κ1) is 14.3. The van der Waals surface area contributed by atoms with Gasteiger partial charge >= 0.3 is 0 Å². The summed E-state index contributed by atoms with van der Waals surface area (Å²) in [5, 5.41) is 12.0. The number of nitrogens with zero attached hydrogens (tertiary/aromatic N) is 3. The van der Waals surface area contributed by atoms with Crippen molar-refractivity contribution in [2.45, 2.75) is 38.6 Å². The van der Waals surface area contributed by atoms with Crippen LogP contribution in [0.1, 0.15) is 43.1 Å². The summed E-state index contributed by atoms with van der Waals surface area (Å²) in [5.41, 5.74) is 1.37. The number of aromatic nitrogens is 1. The molecule has 20 heavy (non-hydrogen) atoms. The summed E-state index contributed by atoms with van der Waals surface area (Å²) in [4.78, 5) is 18.4. The Kier molecular flexibility index (Phi) is 4.94. The third kappa shape index (κ3) is 3.70. The SMILES string of the molecule is CCCNc1ccnc(C(=O)N(CCC#N)C2CC2)c1. The molecule has 1 heterocycles. The molecular weight excluding hydrogens is 252 g/mol. The van der Waals surface area contributed by atoms with Crippen molar-refractivity contribution in [1.82, 2.24) is 9.88 Å². The van der Waals surface area contributed by atoms with Gasteiger partial charge in [0.1, 0.15) is 5.69 Å². The third-order valence-electron chi connectivity index (χ3n) is 3.27. The Labute approximate surface area is 119 Å². The van der Waals surface area contributed by atoms with E-state index in [0.29, 0.717) is 24.7 Å². The van der Waals surface area contributed by atoms with E-state index in [0.717, 1.165) is 31.5 Å². The van der Waals surface area contributed by atoms with Crippen molar-refractivity contribution in [2.24, 2.45) is 0 Å². The third-order valence-corrected chi connectivity index (χ3v) is 3.27. The van der Waals surface area contributed by atoms with Crippen molar-refractivity contribution in [3.63, 3.8) is 0 Å². The molecule has 1 fully saturated rings. The maximum absolute atomic E-state index is 12.5. The van der Waals surface area contributed by atoms with Gasteiger partial charge in [-0.25, -0.2) is 0 Å². The van der Waals surface area contributed by atoms with E-state index in [1.807, 2.05) is 6.07 Å². The number of hydrogen-bond acceptors (Lipinski definition) is 4. The fraction of sp³-hybridized carbons (Fsp3) is 0.533. The van der Waals surface area contributed by atoms with Crippen LogP contribution in [0.5, 0.6) is 0 Å². The summed E-state index contributed by atoms with van der Waals surface area (Å²) < 4.78 is 0. The van der Waals surface area contributed by atoms with Gasteiger partial charge in [-0.15, -0.1) is 0 Å². The molecule has 1 amide bonds. The molecule has 0 atom stereocenters. The van der Waals surface area contributed by atoms with Gasteiger partial charge in [0.2, 0.25) is 0 Å². The zero-order valence-corrected chi connectivity index (χ0v) is 11.8. The molecule has 0 aliphatic heterocycles. The molecule has 0 spiro atoms. The van der Waals surface area contributed by atoms with Crippen LogP contribution in [0.15, 0.2) is 18.3 Å². The summed E-state index contributed by atoms with van der Waals surface area (Å²) in [6.07, 6.45) is 5.12. The van der Waals surface area contributed by atoms with Crippen LogP contribution in [0, 0.1) is 11.3 Å². The molecule has 0 unspecified atom stereocenters. The summed E-state index contributed by atoms with van der Waals surface area (Å²) in [6.45, 7) is 3.46. The molecule has 1 aromatic rings. The smallest absolute Gasteiger partial charge is 0.272 e. The average Bonchev–Trinajstić information content (AvgIpc) is 3.30. The van der Waals surface area contributed by atoms with Gasteiger partial charge in [-0.3, -0.25) is 9.78 Å². The van der Waals surface area contributed by atoms with E-state index >= 15 is 0 Å². The molecule has 0 radical (unpaired) electrons. The first-order valence-corrected chi connectivity index (χ1v) is 7.14. The van der Waals surface area contributed by atoms with Crippen LogP contribution in [-0.4, -0.2) is 34.9 Å². The Morgan fingerprint density at radius 3 is 3.05 bits per heavy atom. The molecule has 0 saturated heterocycles. The van der Waals surface area contributed by atoms with E-state index in [1.165, 1.54) is 0 Å². The lowest BCUT2D eigenvalue weighted by atomic mass is 10.2. The van der Waals surface area contributed by atoms with Crippen LogP contribution in [0.4, 0.5) is 5.69 Å². The van der Waals surface area contributed by atoms with Crippen LogP contribution in [-0.2, 0) is 0 Å². The van der Waals surface area contributed by atoms with Crippen molar-refractivity contribution in [2.75, 3.05) is 18.4 Å². The molecule has 1 N–H and O–H groups in total. The monoisotopic (exact) mass is 272 g/mol. The number of anilines is 1. The highest BCUT2D eigenvalue weighted by atomic mass is 16.2. The summed E-state index contributed by atoms with van der Waals surface area (Å²) in [6, 6.07) is 6.05. The van der Waals surface area contributed by atoms with Gasteiger partial charge in [0.05, 0.1) is 12.5 Å². The number of nitrogens with one attached hydrogen (secondary N) is 1. The van der Waals surface area contributed by atoms with E-state index < -0.39 is 0 Å². The lowest BCUT2D eigenvalue weighted by Gasteiger charge is -2.20. The standard InChI is InChI=1S/C15H20N4O/c1-2-8-17-12-6-9-18-14(11-12)15(20)19(10-3-7-16)13-4-5-13/h6,9,11,13H,2-5,8,10H2,1H3,(H,17,18). The van der Waals surface area contributed by atoms with Crippen molar-refractivity contribution >= 4 is 11.6 Å². The van der Waals surface area contributed by atoms with Gasteiger partial charge in [0.15, 0.2) is 0 Å². The zero-order chi connectivity index (χ0) is 14.4. The Balaban J connectivity index is 2.08. The maximum atomic E-state index is 12.5. The molecule has 5 nitrogen and oxygen atoms in total. The minimum atomic E-state index is -0.0668. The topological polar surface area (TPSA) is 69.0 Å². The predicted octanol–water partition coefficient (Wildman–Crippen LogP) is 2.42. The van der Waals surface area contributed by atoms with Crippen LogP contribution < -0.4 is 5.32 Å². The van der Waals surface area contributed by atoms with Gasteiger partial charge in [0.25, 0.3) is 5.91 Å². The first-order chi connectivity index (χ1) is 9.76. The molecule has 1 saturated carbocycles. The van der Waals surface area contributed by atoms with Crippen molar-refractivity contribution in [3.8, 4) is 6.07 Å². The quantitative estimate of drug-likeness (QED) is 0.827. The zero-order valence-electron chi connectivity index (χ0n) is 11.8. The Bertz CT molecular complexity index is 505. The molecule has 106 valence electrons. The van der Waals surface area contributed by atoms with E-state index in [4.69, 9.17) is 5.26 Å². The Morgan fingerprint density at radius 2 is 2.40 bits per heavy atom. The van der Waals surface area contributed by atoms with E-state index in [2.05, 4.69) is 23.3 Å². The number of carbonyl (C=O) groups excluding carboxylic acids is 1. The van der Waals surface area contributed by atoms with E-state index in [1.54, 1.807) is 17.2 Å². The fourth-order valence-electron chi connectivity index (χ4n) is 2.08. The second-order valence-corrected chi connectivity index (χ2v) is 4.99. The van der Waals surface area contributed by atoms with Gasteiger partial charge < -0.3 is 10.2 Å². The summed E-state index contributed by atoms with van der Waals surface area (Å²) in [5.74, 6) is -0.0668. The lowest BCUT2D eigenvalue weighted by molar-refractivity contribution is 0.0741. The average molecular weight is 272 g/mol. The number of hydrogen-bond donors (Lipinski definition) is 1. The van der Waals surface area contributed by atoms with Gasteiger partial charge in [-0.1, -0.05) is 6.92 Å². The molecule has 1 aliphatic rings. The van der Waals surface area contributed by atoms with Gasteiger partial charge in [-0.05, 0) is 31.4 Å². The van der Waals surface area contributed by atoms with Crippen LogP contribution in [0.25, 0.3) is 0 Å². The normalized spacial score (nSPS) is 13.6. The van der Waals surface area contributed by atoms with Crippen LogP contribution in [0.2, 0.25) is 0 Å². The first-order valence-electron chi connectivity index (χ1n) is 7.14. The maximum Gasteiger partial charge on any atom is 0.272 e. The molecular formula is C15H20N4O. The molecule has 1 aromatic heterocycles. The summed E-state index contributed by atoms with van der Waals surface area (Å²) >= 11 is 0. The van der Waals surface area contributed by atoms with Crippen molar-refractivity contribution < 1.29 is 4.79 Å². The van der Waals surface area contributed by atoms with Crippen molar-refractivity contribution in [1.29, 1.82) is 5.26 Å². The highest BCUT2D eigenvalue weighted by molar-refractivity contribution is 5.93. The lowest BCUT2D eigenvalue weighted by Crippen LogP contribution is -2.34. The second kappa shape index (κ2) is 6.90. The van der Waals surface area contributed by atoms with Gasteiger partial charge in [0, 0.05) is 31.0 Å². The van der Waals surface area contributed by atoms with E-state index in [9.17, 15) is 4.79 Å². The Hall–Kier alpha value is -2.09. The highest BCUT2D eigenvalue weighted by Gasteiger charge is 2.33. The number of nitriles is 1. The van der Waals surface area contributed by atoms with Crippen LogP contribution >= 0.6 is 0 Å². The van der Waals surface area contributed by atoms with E-state index in [-0.39, 0.29) is 5.91 Å². The van der Waals surface area contributed by atoms with Gasteiger partial charge in [-0.2, -0.15) is 5.26 Å². The minimum Gasteiger partial charge on any atom is -0.385 e. The number of amides is 1. The molecule has 2 rings (SSSR count). The Morgan fingerprint density at radius 1 is 1.60 bits per heavy atom. The minimum absolute atomic E-state index is 0.0668. The highest BCUT2D eigenvalue weighted by Crippen LogP contribution is 2.28. The van der Waals surface area contributed by atoms with Crippen LogP contribution in [0.3, 0.4) is 0 Å². The fourth-order valence-corrected chi connectivity index (χ4v) is 2.08. The molecule has 0 aromatic carbocycles. The predicted molar refractivity (Wildman–Crippen MR) is 77.3 cm³/mol. The molecule has 5 heteroatoms. The second-order valence-electron chi connectivity index (χ2n) is 4.99.